The molecule has 0 spiro atoms. The Morgan fingerprint density at radius 1 is 1.12 bits per heavy atom. The molecule has 0 aromatic carbocycles. The van der Waals surface area contributed by atoms with Crippen LogP contribution in [0, 0.1) is 11.8 Å². The Morgan fingerprint density at radius 2 is 1.71 bits per heavy atom. The monoisotopic (exact) mass is 240 g/mol. The molecule has 0 saturated heterocycles. The van der Waals surface area contributed by atoms with E-state index >= 15 is 0 Å². The summed E-state index contributed by atoms with van der Waals surface area (Å²) in [5.41, 5.74) is 0. The second kappa shape index (κ2) is 7.38. The minimum absolute atomic E-state index is 0.670. The second-order valence-corrected chi connectivity index (χ2v) is 6.71. The number of rotatable bonds is 6. The minimum atomic E-state index is 0.670. The Kier molecular flexibility index (Phi) is 6.50. The van der Waals surface area contributed by atoms with Crippen molar-refractivity contribution in [2.24, 2.45) is 11.8 Å². The lowest BCUT2D eigenvalue weighted by Gasteiger charge is -2.33. The molecule has 0 bridgehead atoms. The molecule has 0 heterocycles. The maximum Gasteiger partial charge on any atom is 0.0199 e. The number of hydrogen-bond donors (Lipinski definition) is 1. The standard InChI is InChI=1S/C15H32N2/c1-12(2)10-15(11-17(4)5)16-14-8-6-13(3)7-9-14/h12-16H,6-11H2,1-5H3. The van der Waals surface area contributed by atoms with Crippen LogP contribution in [0.25, 0.3) is 0 Å². The van der Waals surface area contributed by atoms with Crippen molar-refractivity contribution >= 4 is 0 Å². The SMILES string of the molecule is CC(C)CC(CN(C)C)NC1CCC(C)CC1. The maximum absolute atomic E-state index is 3.90. The summed E-state index contributed by atoms with van der Waals surface area (Å²) >= 11 is 0. The Labute approximate surface area is 108 Å². The van der Waals surface area contributed by atoms with Crippen molar-refractivity contribution in [2.75, 3.05) is 20.6 Å². The lowest BCUT2D eigenvalue weighted by atomic mass is 9.86. The maximum atomic E-state index is 3.90. The summed E-state index contributed by atoms with van der Waals surface area (Å²) in [6, 6.07) is 1.44. The van der Waals surface area contributed by atoms with Gasteiger partial charge < -0.3 is 10.2 Å². The van der Waals surface area contributed by atoms with Crippen LogP contribution in [0.15, 0.2) is 0 Å². The third kappa shape index (κ3) is 6.42. The molecule has 2 nitrogen and oxygen atoms in total. The predicted octanol–water partition coefficient (Wildman–Crippen LogP) is 3.13. The van der Waals surface area contributed by atoms with Crippen LogP contribution < -0.4 is 5.32 Å². The fourth-order valence-electron chi connectivity index (χ4n) is 2.97. The van der Waals surface area contributed by atoms with E-state index in [-0.39, 0.29) is 0 Å². The highest BCUT2D eigenvalue weighted by molar-refractivity contribution is 4.81. The van der Waals surface area contributed by atoms with E-state index in [0.29, 0.717) is 6.04 Å². The average Bonchev–Trinajstić information content (AvgIpc) is 2.19. The van der Waals surface area contributed by atoms with Gasteiger partial charge >= 0.3 is 0 Å². The van der Waals surface area contributed by atoms with E-state index in [2.05, 4.69) is 45.1 Å². The zero-order valence-electron chi connectivity index (χ0n) is 12.5. The van der Waals surface area contributed by atoms with Gasteiger partial charge in [0.1, 0.15) is 0 Å². The summed E-state index contributed by atoms with van der Waals surface area (Å²) in [6.45, 7) is 8.21. The van der Waals surface area contributed by atoms with E-state index in [9.17, 15) is 0 Å². The molecule has 1 unspecified atom stereocenters. The highest BCUT2D eigenvalue weighted by Crippen LogP contribution is 2.24. The summed E-state index contributed by atoms with van der Waals surface area (Å²) in [5.74, 6) is 1.74. The first-order chi connectivity index (χ1) is 7.97. The minimum Gasteiger partial charge on any atom is -0.310 e. The van der Waals surface area contributed by atoms with Crippen molar-refractivity contribution in [3.8, 4) is 0 Å². The first kappa shape index (κ1) is 15.0. The normalized spacial score (nSPS) is 27.7. The molecular formula is C15H32N2. The lowest BCUT2D eigenvalue weighted by Crippen LogP contribution is -2.45. The first-order valence-electron chi connectivity index (χ1n) is 7.38. The van der Waals surface area contributed by atoms with E-state index in [1.807, 2.05) is 0 Å². The molecule has 0 aromatic heterocycles. The summed E-state index contributed by atoms with van der Waals surface area (Å²) < 4.78 is 0. The summed E-state index contributed by atoms with van der Waals surface area (Å²) in [4.78, 5) is 2.31. The second-order valence-electron chi connectivity index (χ2n) is 6.71. The Balaban J connectivity index is 2.36. The van der Waals surface area contributed by atoms with Crippen LogP contribution in [0.4, 0.5) is 0 Å². The molecule has 2 heteroatoms. The molecule has 0 radical (unpaired) electrons. The van der Waals surface area contributed by atoms with Crippen LogP contribution in [0.3, 0.4) is 0 Å². The average molecular weight is 240 g/mol. The van der Waals surface area contributed by atoms with Gasteiger partial charge in [0.15, 0.2) is 0 Å². The molecule has 17 heavy (non-hydrogen) atoms. The molecule has 0 aromatic rings. The molecule has 1 N–H and O–H groups in total. The van der Waals surface area contributed by atoms with E-state index in [1.165, 1.54) is 38.6 Å². The fraction of sp³-hybridized carbons (Fsp3) is 1.00. The zero-order chi connectivity index (χ0) is 12.8. The van der Waals surface area contributed by atoms with Crippen LogP contribution >= 0.6 is 0 Å². The van der Waals surface area contributed by atoms with E-state index < -0.39 is 0 Å². The van der Waals surface area contributed by atoms with E-state index in [0.717, 1.165) is 17.9 Å². The van der Waals surface area contributed by atoms with Crippen molar-refractivity contribution in [3.63, 3.8) is 0 Å². The number of nitrogens with zero attached hydrogens (tertiary/aromatic N) is 1. The largest absolute Gasteiger partial charge is 0.310 e. The predicted molar refractivity (Wildman–Crippen MR) is 76.4 cm³/mol. The van der Waals surface area contributed by atoms with Crippen molar-refractivity contribution in [1.29, 1.82) is 0 Å². The molecular weight excluding hydrogens is 208 g/mol. The van der Waals surface area contributed by atoms with Gasteiger partial charge in [0, 0.05) is 18.6 Å². The van der Waals surface area contributed by atoms with Gasteiger partial charge in [-0.2, -0.15) is 0 Å². The first-order valence-corrected chi connectivity index (χ1v) is 7.38. The quantitative estimate of drug-likeness (QED) is 0.767. The third-order valence-corrected chi connectivity index (χ3v) is 3.83. The highest BCUT2D eigenvalue weighted by atomic mass is 15.1. The number of likely N-dealkylation sites (N-methyl/N-ethyl adjacent to an activating group) is 1. The molecule has 1 aliphatic rings. The van der Waals surface area contributed by atoms with Crippen molar-refractivity contribution in [2.45, 2.75) is 65.0 Å². The third-order valence-electron chi connectivity index (χ3n) is 3.83. The number of hydrogen-bond acceptors (Lipinski definition) is 2. The summed E-state index contributed by atoms with van der Waals surface area (Å²) in [7, 11) is 4.36. The van der Waals surface area contributed by atoms with E-state index in [4.69, 9.17) is 0 Å². The summed E-state index contributed by atoms with van der Waals surface area (Å²) in [5, 5.41) is 3.90. The van der Waals surface area contributed by atoms with Gasteiger partial charge in [-0.1, -0.05) is 20.8 Å². The Hall–Kier alpha value is -0.0800. The Morgan fingerprint density at radius 3 is 2.18 bits per heavy atom. The van der Waals surface area contributed by atoms with Crippen LogP contribution in [0.5, 0.6) is 0 Å². The van der Waals surface area contributed by atoms with Gasteiger partial charge in [-0.25, -0.2) is 0 Å². The zero-order valence-corrected chi connectivity index (χ0v) is 12.5. The molecule has 1 atom stereocenters. The van der Waals surface area contributed by atoms with Gasteiger partial charge in [0.05, 0.1) is 0 Å². The van der Waals surface area contributed by atoms with Crippen molar-refractivity contribution in [3.05, 3.63) is 0 Å². The molecule has 1 fully saturated rings. The van der Waals surface area contributed by atoms with Gasteiger partial charge in [0.2, 0.25) is 0 Å². The number of nitrogens with one attached hydrogen (secondary N) is 1. The smallest absolute Gasteiger partial charge is 0.0199 e. The van der Waals surface area contributed by atoms with Crippen LogP contribution in [-0.2, 0) is 0 Å². The van der Waals surface area contributed by atoms with Gasteiger partial charge in [0.25, 0.3) is 0 Å². The molecule has 0 aliphatic heterocycles. The molecule has 0 amide bonds. The van der Waals surface area contributed by atoms with Crippen LogP contribution in [0.1, 0.15) is 52.9 Å². The Bertz CT molecular complexity index is 183. The molecule has 1 saturated carbocycles. The fourth-order valence-corrected chi connectivity index (χ4v) is 2.97. The molecule has 1 aliphatic carbocycles. The van der Waals surface area contributed by atoms with Crippen LogP contribution in [-0.4, -0.2) is 37.6 Å². The molecule has 102 valence electrons. The van der Waals surface area contributed by atoms with Gasteiger partial charge in [-0.05, 0) is 58.0 Å². The van der Waals surface area contributed by atoms with Crippen molar-refractivity contribution in [1.82, 2.24) is 10.2 Å². The van der Waals surface area contributed by atoms with E-state index in [1.54, 1.807) is 0 Å². The van der Waals surface area contributed by atoms with Crippen molar-refractivity contribution < 1.29 is 0 Å². The lowest BCUT2D eigenvalue weighted by molar-refractivity contribution is 0.241. The topological polar surface area (TPSA) is 15.3 Å². The highest BCUT2D eigenvalue weighted by Gasteiger charge is 2.21. The molecule has 1 rings (SSSR count). The van der Waals surface area contributed by atoms with Gasteiger partial charge in [-0.15, -0.1) is 0 Å². The van der Waals surface area contributed by atoms with Gasteiger partial charge in [-0.3, -0.25) is 0 Å². The van der Waals surface area contributed by atoms with Crippen LogP contribution in [0.2, 0.25) is 0 Å². The summed E-state index contributed by atoms with van der Waals surface area (Å²) in [6.07, 6.45) is 6.87.